The lowest BCUT2D eigenvalue weighted by molar-refractivity contribution is -0.162. The number of aliphatic hydroxyl groups is 1. The Bertz CT molecular complexity index is 455. The highest BCUT2D eigenvalue weighted by Crippen LogP contribution is 2.38. The molecular weight excluding hydrogens is 211 g/mol. The van der Waals surface area contributed by atoms with Gasteiger partial charge in [-0.05, 0) is 5.56 Å². The predicted octanol–water partition coefficient (Wildman–Crippen LogP) is 1.41. The van der Waals surface area contributed by atoms with Gasteiger partial charge in [0.2, 0.25) is 0 Å². The summed E-state index contributed by atoms with van der Waals surface area (Å²) in [5.41, 5.74) is -1.81. The molecule has 2 unspecified atom stereocenters. The monoisotopic (exact) mass is 222 g/mol. The van der Waals surface area contributed by atoms with Crippen LogP contribution < -0.4 is 0 Å². The summed E-state index contributed by atoms with van der Waals surface area (Å²) < 4.78 is 19.0. The van der Waals surface area contributed by atoms with Crippen molar-refractivity contribution in [3.8, 4) is 0 Å². The fourth-order valence-corrected chi connectivity index (χ4v) is 1.84. The van der Waals surface area contributed by atoms with E-state index in [1.165, 1.54) is 12.1 Å². The molecule has 16 heavy (non-hydrogen) atoms. The standard InChI is InChI=1S/C12H11FO3/c1-16-11(15)12(13)9-5-3-2-4-8(9)6-7-10(12)14/h2-7,10,14H,1H3. The Balaban J connectivity index is 2.61. The highest BCUT2D eigenvalue weighted by molar-refractivity contribution is 5.85. The summed E-state index contributed by atoms with van der Waals surface area (Å²) in [4.78, 5) is 11.5. The lowest BCUT2D eigenvalue weighted by Crippen LogP contribution is -2.44. The number of hydrogen-bond donors (Lipinski definition) is 1. The minimum Gasteiger partial charge on any atom is -0.466 e. The number of rotatable bonds is 1. The zero-order chi connectivity index (χ0) is 11.8. The van der Waals surface area contributed by atoms with Gasteiger partial charge in [0.25, 0.3) is 5.67 Å². The normalized spacial score (nSPS) is 27.3. The van der Waals surface area contributed by atoms with Gasteiger partial charge in [-0.15, -0.1) is 0 Å². The lowest BCUT2D eigenvalue weighted by Gasteiger charge is -2.30. The number of carbonyl (C=O) groups is 1. The summed E-state index contributed by atoms with van der Waals surface area (Å²) in [5, 5.41) is 9.61. The van der Waals surface area contributed by atoms with Gasteiger partial charge in [0.15, 0.2) is 0 Å². The van der Waals surface area contributed by atoms with Crippen LogP contribution in [0.1, 0.15) is 11.1 Å². The molecule has 0 bridgehead atoms. The van der Waals surface area contributed by atoms with Gasteiger partial charge in [-0.2, -0.15) is 0 Å². The van der Waals surface area contributed by atoms with Crippen LogP contribution in [0.5, 0.6) is 0 Å². The molecule has 0 radical (unpaired) electrons. The molecule has 1 aliphatic rings. The Labute approximate surface area is 92.2 Å². The average Bonchev–Trinajstić information content (AvgIpc) is 2.33. The van der Waals surface area contributed by atoms with E-state index >= 15 is 0 Å². The first kappa shape index (κ1) is 10.8. The van der Waals surface area contributed by atoms with Crippen molar-refractivity contribution in [1.82, 2.24) is 0 Å². The molecule has 0 aliphatic heterocycles. The van der Waals surface area contributed by atoms with E-state index < -0.39 is 17.7 Å². The van der Waals surface area contributed by atoms with Gasteiger partial charge in [0.1, 0.15) is 6.10 Å². The summed E-state index contributed by atoms with van der Waals surface area (Å²) in [6.07, 6.45) is 1.31. The summed E-state index contributed by atoms with van der Waals surface area (Å²) in [6.45, 7) is 0. The highest BCUT2D eigenvalue weighted by atomic mass is 19.1. The molecular formula is C12H11FO3. The fraction of sp³-hybridized carbons (Fsp3) is 0.250. The van der Waals surface area contributed by atoms with Gasteiger partial charge in [-0.3, -0.25) is 0 Å². The van der Waals surface area contributed by atoms with Crippen molar-refractivity contribution in [2.75, 3.05) is 7.11 Å². The van der Waals surface area contributed by atoms with Crippen LogP contribution in [-0.4, -0.2) is 24.3 Å². The summed E-state index contributed by atoms with van der Waals surface area (Å²) in [6, 6.07) is 6.49. The van der Waals surface area contributed by atoms with E-state index in [-0.39, 0.29) is 5.56 Å². The molecule has 3 nitrogen and oxygen atoms in total. The van der Waals surface area contributed by atoms with E-state index in [0.717, 1.165) is 7.11 Å². The molecule has 0 amide bonds. The first-order chi connectivity index (χ1) is 7.60. The van der Waals surface area contributed by atoms with E-state index in [4.69, 9.17) is 0 Å². The molecule has 2 rings (SSSR count). The van der Waals surface area contributed by atoms with E-state index in [9.17, 15) is 14.3 Å². The van der Waals surface area contributed by atoms with E-state index in [1.807, 2.05) is 0 Å². The Hall–Kier alpha value is -1.68. The van der Waals surface area contributed by atoms with Crippen LogP contribution in [0.25, 0.3) is 6.08 Å². The molecule has 0 saturated heterocycles. The van der Waals surface area contributed by atoms with Crippen LogP contribution in [0.2, 0.25) is 0 Å². The van der Waals surface area contributed by atoms with Crippen molar-refractivity contribution in [3.63, 3.8) is 0 Å². The molecule has 0 aromatic heterocycles. The molecule has 2 atom stereocenters. The van der Waals surface area contributed by atoms with Gasteiger partial charge in [0, 0.05) is 5.56 Å². The van der Waals surface area contributed by atoms with Crippen molar-refractivity contribution in [1.29, 1.82) is 0 Å². The highest BCUT2D eigenvalue weighted by Gasteiger charge is 2.50. The zero-order valence-corrected chi connectivity index (χ0v) is 8.68. The number of esters is 1. The maximum absolute atomic E-state index is 14.6. The predicted molar refractivity (Wildman–Crippen MR) is 56.3 cm³/mol. The van der Waals surface area contributed by atoms with Crippen LogP contribution in [0, 0.1) is 0 Å². The molecule has 0 fully saturated rings. The number of methoxy groups -OCH3 is 1. The van der Waals surface area contributed by atoms with Gasteiger partial charge in [0.05, 0.1) is 7.11 Å². The Kier molecular flexibility index (Phi) is 2.52. The molecule has 4 heteroatoms. The Morgan fingerprint density at radius 1 is 1.50 bits per heavy atom. The van der Waals surface area contributed by atoms with Crippen molar-refractivity contribution in [3.05, 3.63) is 41.5 Å². The number of aliphatic hydroxyl groups excluding tert-OH is 1. The molecule has 1 aromatic rings. The zero-order valence-electron chi connectivity index (χ0n) is 8.68. The van der Waals surface area contributed by atoms with E-state index in [2.05, 4.69) is 4.74 Å². The fourth-order valence-electron chi connectivity index (χ4n) is 1.84. The summed E-state index contributed by atoms with van der Waals surface area (Å²) in [5.74, 6) is -1.09. The summed E-state index contributed by atoms with van der Waals surface area (Å²) >= 11 is 0. The van der Waals surface area contributed by atoms with Gasteiger partial charge in [-0.1, -0.05) is 36.4 Å². The topological polar surface area (TPSA) is 46.5 Å². The van der Waals surface area contributed by atoms with Gasteiger partial charge in [-0.25, -0.2) is 9.18 Å². The number of benzene rings is 1. The maximum Gasteiger partial charge on any atom is 0.351 e. The first-order valence-electron chi connectivity index (χ1n) is 4.84. The number of hydrogen-bond acceptors (Lipinski definition) is 3. The molecule has 1 N–H and O–H groups in total. The third kappa shape index (κ3) is 1.34. The molecule has 1 aliphatic carbocycles. The second-order valence-corrected chi connectivity index (χ2v) is 3.59. The molecule has 0 saturated carbocycles. The maximum atomic E-state index is 14.6. The van der Waals surface area contributed by atoms with Crippen molar-refractivity contribution in [2.24, 2.45) is 0 Å². The lowest BCUT2D eigenvalue weighted by atomic mass is 9.82. The smallest absolute Gasteiger partial charge is 0.351 e. The minimum atomic E-state index is -2.51. The van der Waals surface area contributed by atoms with E-state index in [1.54, 1.807) is 24.3 Å². The molecule has 0 heterocycles. The SMILES string of the molecule is COC(=O)C1(F)c2ccccc2C=CC1O. The Morgan fingerprint density at radius 2 is 2.19 bits per heavy atom. The van der Waals surface area contributed by atoms with Crippen LogP contribution >= 0.6 is 0 Å². The minimum absolute atomic E-state index is 0.136. The van der Waals surface area contributed by atoms with Crippen LogP contribution in [0.3, 0.4) is 0 Å². The van der Waals surface area contributed by atoms with Crippen LogP contribution in [0.15, 0.2) is 30.3 Å². The van der Waals surface area contributed by atoms with Gasteiger partial charge < -0.3 is 9.84 Å². The third-order valence-electron chi connectivity index (χ3n) is 2.70. The quantitative estimate of drug-likeness (QED) is 0.731. The van der Waals surface area contributed by atoms with Crippen molar-refractivity contribution in [2.45, 2.75) is 11.8 Å². The largest absolute Gasteiger partial charge is 0.466 e. The second kappa shape index (κ2) is 3.72. The van der Waals surface area contributed by atoms with Crippen molar-refractivity contribution < 1.29 is 19.0 Å². The van der Waals surface area contributed by atoms with Crippen molar-refractivity contribution >= 4 is 12.0 Å². The third-order valence-corrected chi connectivity index (χ3v) is 2.70. The number of ether oxygens (including phenoxy) is 1. The number of carbonyl (C=O) groups excluding carboxylic acids is 1. The second-order valence-electron chi connectivity index (χ2n) is 3.59. The number of halogens is 1. The van der Waals surface area contributed by atoms with Crippen LogP contribution in [0.4, 0.5) is 4.39 Å². The van der Waals surface area contributed by atoms with Gasteiger partial charge >= 0.3 is 5.97 Å². The first-order valence-corrected chi connectivity index (χ1v) is 4.84. The number of alkyl halides is 1. The summed E-state index contributed by atoms with van der Waals surface area (Å²) in [7, 11) is 1.09. The molecule has 84 valence electrons. The Morgan fingerprint density at radius 3 is 2.88 bits per heavy atom. The van der Waals surface area contributed by atoms with E-state index in [0.29, 0.717) is 5.56 Å². The van der Waals surface area contributed by atoms with Crippen LogP contribution in [-0.2, 0) is 15.2 Å². The molecule has 0 spiro atoms. The molecule has 1 aromatic carbocycles. The number of fused-ring (bicyclic) bond motifs is 1. The average molecular weight is 222 g/mol.